The minimum Gasteiger partial charge on any atom is -0.492 e. The number of ether oxygens (including phenoxy) is 1. The lowest BCUT2D eigenvalue weighted by atomic mass is 9.97. The zero-order chi connectivity index (χ0) is 18.7. The Morgan fingerprint density at radius 2 is 1.85 bits per heavy atom. The summed E-state index contributed by atoms with van der Waals surface area (Å²) in [5.74, 6) is 0.0778. The average molecular weight is 361 g/mol. The molecule has 2 aromatic rings. The van der Waals surface area contributed by atoms with Crippen LogP contribution in [0.5, 0.6) is 5.75 Å². The Morgan fingerprint density at radius 1 is 1.12 bits per heavy atom. The summed E-state index contributed by atoms with van der Waals surface area (Å²) in [5, 5.41) is 10.4. The Bertz CT molecular complexity index is 743. The lowest BCUT2D eigenvalue weighted by Crippen LogP contribution is -2.25. The molecule has 0 saturated heterocycles. The van der Waals surface area contributed by atoms with E-state index in [1.807, 2.05) is 18.2 Å². The average Bonchev–Trinajstić information content (AvgIpc) is 2.74. The summed E-state index contributed by atoms with van der Waals surface area (Å²) in [6.07, 6.45) is 0.195. The quantitative estimate of drug-likeness (QED) is 0.855. The SMILES string of the molecule is CC(C)CC(O)c1ccc2c(c1)CN(Cc1cc(F)cc(F)c1)CCO2. The minimum absolute atomic E-state index is 0.402. The van der Waals surface area contributed by atoms with Gasteiger partial charge in [-0.15, -0.1) is 0 Å². The smallest absolute Gasteiger partial charge is 0.126 e. The number of aliphatic hydroxyl groups is 1. The van der Waals surface area contributed by atoms with E-state index in [2.05, 4.69) is 18.7 Å². The molecule has 1 N–H and O–H groups in total. The molecule has 2 aromatic carbocycles. The fourth-order valence-electron chi connectivity index (χ4n) is 3.35. The fraction of sp³-hybridized carbons (Fsp3) is 0.429. The number of hydrogen-bond donors (Lipinski definition) is 1. The predicted molar refractivity (Wildman–Crippen MR) is 96.8 cm³/mol. The van der Waals surface area contributed by atoms with Crippen LogP contribution in [0.1, 0.15) is 43.1 Å². The first-order valence-electron chi connectivity index (χ1n) is 9.01. The number of fused-ring (bicyclic) bond motifs is 1. The van der Waals surface area contributed by atoms with E-state index in [9.17, 15) is 13.9 Å². The van der Waals surface area contributed by atoms with Crippen LogP contribution in [0.2, 0.25) is 0 Å². The molecule has 0 bridgehead atoms. The Kier molecular flexibility index (Phi) is 5.89. The predicted octanol–water partition coefficient (Wildman–Crippen LogP) is 4.44. The van der Waals surface area contributed by atoms with Crippen LogP contribution in [-0.4, -0.2) is 23.2 Å². The summed E-state index contributed by atoms with van der Waals surface area (Å²) in [6.45, 7) is 6.38. The lowest BCUT2D eigenvalue weighted by molar-refractivity contribution is 0.151. The zero-order valence-corrected chi connectivity index (χ0v) is 15.2. The third-order valence-corrected chi connectivity index (χ3v) is 4.55. The van der Waals surface area contributed by atoms with Crippen molar-refractivity contribution in [2.75, 3.05) is 13.2 Å². The number of hydrogen-bond acceptors (Lipinski definition) is 3. The minimum atomic E-state index is -0.564. The first kappa shape index (κ1) is 18.8. The van der Waals surface area contributed by atoms with Gasteiger partial charge in [-0.2, -0.15) is 0 Å². The van der Waals surface area contributed by atoms with Crippen molar-refractivity contribution in [2.24, 2.45) is 5.92 Å². The monoisotopic (exact) mass is 361 g/mol. The van der Waals surface area contributed by atoms with E-state index in [4.69, 9.17) is 4.74 Å². The van der Waals surface area contributed by atoms with Crippen LogP contribution < -0.4 is 4.74 Å². The molecule has 3 nitrogen and oxygen atoms in total. The first-order chi connectivity index (χ1) is 12.4. The van der Waals surface area contributed by atoms with Gasteiger partial charge in [0.2, 0.25) is 0 Å². The maximum atomic E-state index is 13.4. The first-order valence-corrected chi connectivity index (χ1v) is 9.01. The van der Waals surface area contributed by atoms with Crippen molar-refractivity contribution < 1.29 is 18.6 Å². The van der Waals surface area contributed by atoms with Crippen LogP contribution in [0.15, 0.2) is 36.4 Å². The molecule has 0 aromatic heterocycles. The highest BCUT2D eigenvalue weighted by Crippen LogP contribution is 2.29. The maximum Gasteiger partial charge on any atom is 0.126 e. The molecule has 0 fully saturated rings. The summed E-state index contributed by atoms with van der Waals surface area (Å²) in [4.78, 5) is 2.10. The van der Waals surface area contributed by atoms with Gasteiger partial charge in [0.1, 0.15) is 24.0 Å². The second kappa shape index (κ2) is 8.14. The number of benzene rings is 2. The molecule has 5 heteroatoms. The molecule has 0 aliphatic carbocycles. The molecule has 1 heterocycles. The molecular formula is C21H25F2NO2. The normalized spacial score (nSPS) is 16.1. The van der Waals surface area contributed by atoms with E-state index in [1.165, 1.54) is 12.1 Å². The van der Waals surface area contributed by atoms with Gasteiger partial charge in [-0.3, -0.25) is 4.90 Å². The topological polar surface area (TPSA) is 32.7 Å². The third-order valence-electron chi connectivity index (χ3n) is 4.55. The van der Waals surface area contributed by atoms with Crippen molar-refractivity contribution in [1.29, 1.82) is 0 Å². The van der Waals surface area contributed by atoms with Crippen LogP contribution in [-0.2, 0) is 13.1 Å². The van der Waals surface area contributed by atoms with Crippen molar-refractivity contribution >= 4 is 0 Å². The highest BCUT2D eigenvalue weighted by Gasteiger charge is 2.19. The summed E-state index contributed by atoms with van der Waals surface area (Å²) in [5.41, 5.74) is 2.46. The summed E-state index contributed by atoms with van der Waals surface area (Å²) < 4.78 is 32.7. The van der Waals surface area contributed by atoms with Crippen LogP contribution in [0, 0.1) is 17.6 Å². The van der Waals surface area contributed by atoms with E-state index < -0.39 is 17.7 Å². The van der Waals surface area contributed by atoms with Gasteiger partial charge in [-0.05, 0) is 47.7 Å². The molecule has 0 spiro atoms. The molecule has 1 unspecified atom stereocenters. The Hall–Kier alpha value is -1.98. The van der Waals surface area contributed by atoms with E-state index >= 15 is 0 Å². The van der Waals surface area contributed by atoms with Gasteiger partial charge in [0, 0.05) is 31.3 Å². The molecule has 1 aliphatic heterocycles. The van der Waals surface area contributed by atoms with Crippen molar-refractivity contribution in [2.45, 2.75) is 39.5 Å². The number of nitrogens with zero attached hydrogens (tertiary/aromatic N) is 1. The highest BCUT2D eigenvalue weighted by molar-refractivity contribution is 5.38. The number of rotatable bonds is 5. The van der Waals surface area contributed by atoms with Crippen molar-refractivity contribution in [3.05, 3.63) is 64.7 Å². The van der Waals surface area contributed by atoms with Crippen molar-refractivity contribution in [3.8, 4) is 5.75 Å². The standard InChI is InChI=1S/C21H25F2NO2/c1-14(2)7-20(25)16-3-4-21-17(10-16)13-24(5-6-26-21)12-15-8-18(22)11-19(23)9-15/h3-4,8-11,14,20,25H,5-7,12-13H2,1-2H3. The van der Waals surface area contributed by atoms with Crippen LogP contribution in [0.4, 0.5) is 8.78 Å². The van der Waals surface area contributed by atoms with Gasteiger partial charge in [0.25, 0.3) is 0 Å². The van der Waals surface area contributed by atoms with Crippen molar-refractivity contribution in [3.63, 3.8) is 0 Å². The van der Waals surface area contributed by atoms with Crippen LogP contribution >= 0.6 is 0 Å². The summed E-state index contributed by atoms with van der Waals surface area (Å²) in [7, 11) is 0. The summed E-state index contributed by atoms with van der Waals surface area (Å²) in [6, 6.07) is 9.39. The molecule has 26 heavy (non-hydrogen) atoms. The molecule has 1 aliphatic rings. The molecule has 3 rings (SSSR count). The van der Waals surface area contributed by atoms with Gasteiger partial charge in [-0.25, -0.2) is 8.78 Å². The van der Waals surface area contributed by atoms with E-state index in [0.717, 1.165) is 22.9 Å². The third kappa shape index (κ3) is 4.80. The van der Waals surface area contributed by atoms with Gasteiger partial charge in [0.05, 0.1) is 6.10 Å². The van der Waals surface area contributed by atoms with Gasteiger partial charge < -0.3 is 9.84 Å². The second-order valence-corrected chi connectivity index (χ2v) is 7.35. The number of aliphatic hydroxyl groups excluding tert-OH is 1. The maximum absolute atomic E-state index is 13.4. The van der Waals surface area contributed by atoms with Gasteiger partial charge in [-0.1, -0.05) is 19.9 Å². The van der Waals surface area contributed by atoms with E-state index in [0.29, 0.717) is 44.1 Å². The Morgan fingerprint density at radius 3 is 2.54 bits per heavy atom. The Labute approximate surface area is 153 Å². The lowest BCUT2D eigenvalue weighted by Gasteiger charge is -2.20. The van der Waals surface area contributed by atoms with Gasteiger partial charge >= 0.3 is 0 Å². The Balaban J connectivity index is 1.77. The molecule has 0 radical (unpaired) electrons. The molecule has 0 saturated carbocycles. The fourth-order valence-corrected chi connectivity index (χ4v) is 3.35. The van der Waals surface area contributed by atoms with Crippen LogP contribution in [0.3, 0.4) is 0 Å². The van der Waals surface area contributed by atoms with Crippen molar-refractivity contribution in [1.82, 2.24) is 4.90 Å². The largest absolute Gasteiger partial charge is 0.492 e. The second-order valence-electron chi connectivity index (χ2n) is 7.35. The van der Waals surface area contributed by atoms with E-state index in [-0.39, 0.29) is 0 Å². The molecule has 140 valence electrons. The molecule has 0 amide bonds. The van der Waals surface area contributed by atoms with Gasteiger partial charge in [0.15, 0.2) is 0 Å². The molecular weight excluding hydrogens is 336 g/mol. The highest BCUT2D eigenvalue weighted by atomic mass is 19.1. The van der Waals surface area contributed by atoms with E-state index in [1.54, 1.807) is 0 Å². The number of halogens is 2. The molecule has 1 atom stereocenters. The van der Waals surface area contributed by atoms with Crippen LogP contribution in [0.25, 0.3) is 0 Å². The zero-order valence-electron chi connectivity index (χ0n) is 15.2. The summed E-state index contributed by atoms with van der Waals surface area (Å²) >= 11 is 0.